The molecule has 0 saturated heterocycles. The zero-order valence-corrected chi connectivity index (χ0v) is 15.0. The van der Waals surface area contributed by atoms with E-state index in [1.54, 1.807) is 0 Å². The number of amides is 1. The van der Waals surface area contributed by atoms with Gasteiger partial charge < -0.3 is 9.88 Å². The number of carbonyl (C=O) groups is 1. The van der Waals surface area contributed by atoms with E-state index in [1.165, 1.54) is 11.8 Å². The zero-order chi connectivity index (χ0) is 17.6. The zero-order valence-electron chi connectivity index (χ0n) is 14.2. The molecule has 1 N–H and O–H groups in total. The van der Waals surface area contributed by atoms with Crippen LogP contribution in [-0.2, 0) is 18.4 Å². The van der Waals surface area contributed by atoms with Gasteiger partial charge in [-0.3, -0.25) is 4.79 Å². The van der Waals surface area contributed by atoms with Gasteiger partial charge in [0.05, 0.1) is 5.25 Å². The van der Waals surface area contributed by atoms with Crippen LogP contribution >= 0.6 is 11.8 Å². The Morgan fingerprint density at radius 3 is 2.40 bits per heavy atom. The second kappa shape index (κ2) is 7.98. The molecule has 0 saturated carbocycles. The third kappa shape index (κ3) is 4.28. The Bertz CT molecular complexity index is 833. The molecule has 25 heavy (non-hydrogen) atoms. The molecule has 3 aromatic rings. The van der Waals surface area contributed by atoms with Crippen molar-refractivity contribution < 1.29 is 4.79 Å². The first-order chi connectivity index (χ1) is 12.1. The van der Waals surface area contributed by atoms with Crippen LogP contribution in [-0.4, -0.2) is 25.9 Å². The van der Waals surface area contributed by atoms with Gasteiger partial charge in [0.2, 0.25) is 5.91 Å². The maximum atomic E-state index is 12.3. The minimum atomic E-state index is -0.254. The van der Waals surface area contributed by atoms with Gasteiger partial charge >= 0.3 is 0 Å². The topological polar surface area (TPSA) is 59.8 Å². The fourth-order valence-corrected chi connectivity index (χ4v) is 3.24. The SMILES string of the molecule is C[C@H](Sc1nnc(-c2ccccc2)n1C)C(=O)NCc1ccccc1. The number of thioether (sulfide) groups is 1. The van der Waals surface area contributed by atoms with E-state index in [-0.39, 0.29) is 11.2 Å². The van der Waals surface area contributed by atoms with Crippen molar-refractivity contribution in [1.29, 1.82) is 0 Å². The maximum Gasteiger partial charge on any atom is 0.233 e. The highest BCUT2D eigenvalue weighted by Crippen LogP contribution is 2.25. The molecular formula is C19H20N4OS. The Kier molecular flexibility index (Phi) is 5.50. The monoisotopic (exact) mass is 352 g/mol. The molecule has 2 aromatic carbocycles. The molecule has 1 atom stereocenters. The molecular weight excluding hydrogens is 332 g/mol. The Balaban J connectivity index is 1.62. The number of aromatic nitrogens is 3. The molecule has 0 aliphatic carbocycles. The predicted octanol–water partition coefficient (Wildman–Crippen LogP) is 3.28. The average molecular weight is 352 g/mol. The number of carbonyl (C=O) groups excluding carboxylic acids is 1. The van der Waals surface area contributed by atoms with Crippen LogP contribution in [0.25, 0.3) is 11.4 Å². The van der Waals surface area contributed by atoms with E-state index >= 15 is 0 Å². The van der Waals surface area contributed by atoms with Crippen LogP contribution < -0.4 is 5.32 Å². The van der Waals surface area contributed by atoms with Crippen LogP contribution in [0.5, 0.6) is 0 Å². The minimum Gasteiger partial charge on any atom is -0.351 e. The first-order valence-corrected chi connectivity index (χ1v) is 8.96. The number of benzene rings is 2. The van der Waals surface area contributed by atoms with Crippen LogP contribution in [0.2, 0.25) is 0 Å². The van der Waals surface area contributed by atoms with Gasteiger partial charge in [0.1, 0.15) is 0 Å². The van der Waals surface area contributed by atoms with E-state index < -0.39 is 0 Å². The summed E-state index contributed by atoms with van der Waals surface area (Å²) in [4.78, 5) is 12.3. The number of hydrogen-bond donors (Lipinski definition) is 1. The van der Waals surface area contributed by atoms with E-state index in [4.69, 9.17) is 0 Å². The van der Waals surface area contributed by atoms with Crippen LogP contribution in [0.4, 0.5) is 0 Å². The summed E-state index contributed by atoms with van der Waals surface area (Å²) in [5, 5.41) is 11.9. The second-order valence-electron chi connectivity index (χ2n) is 5.69. The lowest BCUT2D eigenvalue weighted by Gasteiger charge is -2.11. The van der Waals surface area contributed by atoms with Crippen LogP contribution in [0.1, 0.15) is 12.5 Å². The summed E-state index contributed by atoms with van der Waals surface area (Å²) in [5.74, 6) is 0.776. The van der Waals surface area contributed by atoms with Gasteiger partial charge in [0.15, 0.2) is 11.0 Å². The summed E-state index contributed by atoms with van der Waals surface area (Å²) >= 11 is 1.41. The highest BCUT2D eigenvalue weighted by atomic mass is 32.2. The van der Waals surface area contributed by atoms with E-state index in [0.29, 0.717) is 6.54 Å². The molecule has 0 aliphatic rings. The molecule has 5 nitrogen and oxygen atoms in total. The normalized spacial score (nSPS) is 11.9. The Morgan fingerprint density at radius 2 is 1.72 bits per heavy atom. The second-order valence-corrected chi connectivity index (χ2v) is 7.00. The largest absolute Gasteiger partial charge is 0.351 e. The molecule has 0 unspecified atom stereocenters. The summed E-state index contributed by atoms with van der Waals surface area (Å²) in [5.41, 5.74) is 2.09. The van der Waals surface area contributed by atoms with Gasteiger partial charge in [-0.15, -0.1) is 10.2 Å². The summed E-state index contributed by atoms with van der Waals surface area (Å²) in [7, 11) is 1.92. The van der Waals surface area contributed by atoms with Gasteiger partial charge in [-0.1, -0.05) is 72.4 Å². The van der Waals surface area contributed by atoms with Crippen molar-refractivity contribution in [3.05, 3.63) is 66.2 Å². The van der Waals surface area contributed by atoms with Crippen LogP contribution in [0.15, 0.2) is 65.8 Å². The number of rotatable bonds is 6. The molecule has 0 aliphatic heterocycles. The van der Waals surface area contributed by atoms with Crippen molar-refractivity contribution in [2.45, 2.75) is 23.9 Å². The van der Waals surface area contributed by atoms with Crippen molar-refractivity contribution in [2.24, 2.45) is 7.05 Å². The molecule has 1 aromatic heterocycles. The molecule has 0 spiro atoms. The molecule has 0 radical (unpaired) electrons. The van der Waals surface area contributed by atoms with E-state index in [0.717, 1.165) is 22.1 Å². The fraction of sp³-hybridized carbons (Fsp3) is 0.211. The van der Waals surface area contributed by atoms with Crippen LogP contribution in [0, 0.1) is 0 Å². The highest BCUT2D eigenvalue weighted by molar-refractivity contribution is 8.00. The Hall–Kier alpha value is -2.60. The summed E-state index contributed by atoms with van der Waals surface area (Å²) in [6, 6.07) is 19.8. The van der Waals surface area contributed by atoms with Gasteiger partial charge in [-0.25, -0.2) is 0 Å². The molecule has 128 valence electrons. The third-order valence-corrected chi connectivity index (χ3v) is 4.96. The lowest BCUT2D eigenvalue weighted by atomic mass is 10.2. The highest BCUT2D eigenvalue weighted by Gasteiger charge is 2.19. The quantitative estimate of drug-likeness (QED) is 0.692. The van der Waals surface area contributed by atoms with Crippen molar-refractivity contribution >= 4 is 17.7 Å². The number of hydrogen-bond acceptors (Lipinski definition) is 4. The first kappa shape index (κ1) is 17.2. The lowest BCUT2D eigenvalue weighted by Crippen LogP contribution is -2.30. The average Bonchev–Trinajstić information content (AvgIpc) is 3.01. The molecule has 6 heteroatoms. The van der Waals surface area contributed by atoms with Gasteiger partial charge in [-0.05, 0) is 12.5 Å². The van der Waals surface area contributed by atoms with Crippen LogP contribution in [0.3, 0.4) is 0 Å². The molecule has 0 bridgehead atoms. The van der Waals surface area contributed by atoms with E-state index in [2.05, 4.69) is 15.5 Å². The Labute approximate surface area is 151 Å². The fourth-order valence-electron chi connectivity index (χ4n) is 2.40. The number of nitrogens with zero attached hydrogens (tertiary/aromatic N) is 3. The smallest absolute Gasteiger partial charge is 0.233 e. The van der Waals surface area contributed by atoms with Crippen molar-refractivity contribution in [3.63, 3.8) is 0 Å². The standard InChI is InChI=1S/C19H20N4OS/c1-14(18(24)20-13-15-9-5-3-6-10-15)25-19-22-21-17(23(19)2)16-11-7-4-8-12-16/h3-12,14H,13H2,1-2H3,(H,20,24)/t14-/m0/s1. The summed E-state index contributed by atoms with van der Waals surface area (Å²) in [6.07, 6.45) is 0. The van der Waals surface area contributed by atoms with Gasteiger partial charge in [-0.2, -0.15) is 0 Å². The lowest BCUT2D eigenvalue weighted by molar-refractivity contribution is -0.120. The van der Waals surface area contributed by atoms with Crippen molar-refractivity contribution in [1.82, 2.24) is 20.1 Å². The summed E-state index contributed by atoms with van der Waals surface area (Å²) < 4.78 is 1.92. The van der Waals surface area contributed by atoms with Gasteiger partial charge in [0.25, 0.3) is 0 Å². The molecule has 1 heterocycles. The maximum absolute atomic E-state index is 12.3. The number of nitrogens with one attached hydrogen (secondary N) is 1. The third-order valence-electron chi connectivity index (χ3n) is 3.83. The first-order valence-electron chi connectivity index (χ1n) is 8.08. The Morgan fingerprint density at radius 1 is 1.08 bits per heavy atom. The molecule has 1 amide bonds. The molecule has 0 fully saturated rings. The van der Waals surface area contributed by atoms with E-state index in [9.17, 15) is 4.79 Å². The van der Waals surface area contributed by atoms with Gasteiger partial charge in [0, 0.05) is 19.2 Å². The summed E-state index contributed by atoms with van der Waals surface area (Å²) in [6.45, 7) is 2.40. The van der Waals surface area contributed by atoms with Crippen molar-refractivity contribution in [3.8, 4) is 11.4 Å². The van der Waals surface area contributed by atoms with Crippen molar-refractivity contribution in [2.75, 3.05) is 0 Å². The molecule has 3 rings (SSSR count). The predicted molar refractivity (Wildman–Crippen MR) is 100 cm³/mol. The van der Waals surface area contributed by atoms with E-state index in [1.807, 2.05) is 79.2 Å². The minimum absolute atomic E-state index is 0.0156.